The molecule has 1 aromatic carbocycles. The third-order valence-corrected chi connectivity index (χ3v) is 5.21. The van der Waals surface area contributed by atoms with Crippen LogP contribution in [0.1, 0.15) is 53.9 Å². The van der Waals surface area contributed by atoms with Crippen LogP contribution in [0.15, 0.2) is 24.3 Å². The summed E-state index contributed by atoms with van der Waals surface area (Å²) in [4.78, 5) is 49.6. The highest BCUT2D eigenvalue weighted by molar-refractivity contribution is 6.38. The number of benzene rings is 1. The number of carboxylic acids is 1. The molecule has 1 fully saturated rings. The molecule has 1 saturated carbocycles. The monoisotopic (exact) mass is 344 g/mol. The van der Waals surface area contributed by atoms with Crippen molar-refractivity contribution in [2.24, 2.45) is 11.7 Å². The largest absolute Gasteiger partial charge is 0.481 e. The molecule has 2 unspecified atom stereocenters. The fourth-order valence-electron chi connectivity index (χ4n) is 4.15. The molecule has 3 amide bonds. The summed E-state index contributed by atoms with van der Waals surface area (Å²) in [6.07, 6.45) is 4.28. The van der Waals surface area contributed by atoms with Crippen molar-refractivity contribution in [3.05, 3.63) is 35.4 Å². The first-order valence-electron chi connectivity index (χ1n) is 8.42. The number of carboxylic acid groups (broad SMARTS) is 1. The molecule has 1 aliphatic heterocycles. The van der Waals surface area contributed by atoms with Gasteiger partial charge in [-0.3, -0.25) is 24.1 Å². The Hall–Kier alpha value is -2.70. The summed E-state index contributed by atoms with van der Waals surface area (Å²) < 4.78 is 0. The third kappa shape index (κ3) is 2.90. The predicted molar refractivity (Wildman–Crippen MR) is 87.6 cm³/mol. The van der Waals surface area contributed by atoms with E-state index in [0.29, 0.717) is 18.4 Å². The van der Waals surface area contributed by atoms with Gasteiger partial charge in [-0.2, -0.15) is 0 Å². The van der Waals surface area contributed by atoms with Gasteiger partial charge < -0.3 is 10.8 Å². The van der Waals surface area contributed by atoms with Crippen molar-refractivity contribution in [3.63, 3.8) is 0 Å². The molecule has 0 saturated heterocycles. The van der Waals surface area contributed by atoms with Crippen molar-refractivity contribution in [2.45, 2.75) is 44.1 Å². The van der Waals surface area contributed by atoms with E-state index in [9.17, 15) is 24.3 Å². The third-order valence-electron chi connectivity index (χ3n) is 5.21. The van der Waals surface area contributed by atoms with Crippen LogP contribution in [0.3, 0.4) is 0 Å². The Morgan fingerprint density at radius 1 is 1.08 bits per heavy atom. The number of hydrogen-bond donors (Lipinski definition) is 2. The number of carbonyl (C=O) groups excluding carboxylic acids is 3. The molecule has 1 heterocycles. The van der Waals surface area contributed by atoms with Gasteiger partial charge in [0, 0.05) is 5.56 Å². The molecule has 0 spiro atoms. The topological polar surface area (TPSA) is 118 Å². The average molecular weight is 344 g/mol. The molecule has 3 N–H and O–H groups in total. The standard InChI is InChI=1S/C18H20N2O5/c19-15(21)17(23)20-14(10-6-2-1-3-7-10)13(18(24)25)11-8-4-5-9-12(11)16(20)22/h4-5,8-10,13-14H,1-3,6-7H2,(H2,19,21)(H,24,25). The minimum atomic E-state index is -1.25. The van der Waals surface area contributed by atoms with Crippen LogP contribution in [0.4, 0.5) is 0 Å². The molecule has 0 aromatic heterocycles. The number of nitrogens with two attached hydrogens (primary N) is 1. The maximum Gasteiger partial charge on any atom is 0.318 e. The first kappa shape index (κ1) is 17.1. The van der Waals surface area contributed by atoms with Crippen LogP contribution in [0, 0.1) is 5.92 Å². The Labute approximate surface area is 144 Å². The molecule has 25 heavy (non-hydrogen) atoms. The van der Waals surface area contributed by atoms with E-state index in [-0.39, 0.29) is 11.5 Å². The molecule has 0 radical (unpaired) electrons. The van der Waals surface area contributed by atoms with E-state index in [1.54, 1.807) is 18.2 Å². The van der Waals surface area contributed by atoms with Gasteiger partial charge in [-0.05, 0) is 30.4 Å². The zero-order valence-electron chi connectivity index (χ0n) is 13.7. The summed E-state index contributed by atoms with van der Waals surface area (Å²) in [6, 6.07) is 5.47. The van der Waals surface area contributed by atoms with Gasteiger partial charge in [0.05, 0.1) is 6.04 Å². The van der Waals surface area contributed by atoms with Gasteiger partial charge in [-0.25, -0.2) is 0 Å². The van der Waals surface area contributed by atoms with Crippen molar-refractivity contribution < 1.29 is 24.3 Å². The number of amides is 3. The Balaban J connectivity index is 2.17. The van der Waals surface area contributed by atoms with Crippen molar-refractivity contribution in [3.8, 4) is 0 Å². The number of nitrogens with zero attached hydrogens (tertiary/aromatic N) is 1. The summed E-state index contributed by atoms with van der Waals surface area (Å²) >= 11 is 0. The predicted octanol–water partition coefficient (Wildman–Crippen LogP) is 1.27. The SMILES string of the molecule is NC(=O)C(=O)N1C(=O)c2ccccc2C(C(=O)O)C1C1CCCCC1. The maximum atomic E-state index is 12.9. The zero-order valence-corrected chi connectivity index (χ0v) is 13.7. The van der Waals surface area contributed by atoms with Crippen LogP contribution in [-0.2, 0) is 14.4 Å². The normalized spacial score (nSPS) is 23.8. The fraction of sp³-hybridized carbons (Fsp3) is 0.444. The summed E-state index contributed by atoms with van der Waals surface area (Å²) in [5, 5.41) is 9.85. The van der Waals surface area contributed by atoms with Crippen LogP contribution in [-0.4, -0.2) is 39.7 Å². The van der Waals surface area contributed by atoms with Crippen molar-refractivity contribution in [2.75, 3.05) is 0 Å². The second kappa shape index (κ2) is 6.66. The van der Waals surface area contributed by atoms with Gasteiger partial charge in [0.2, 0.25) is 0 Å². The van der Waals surface area contributed by atoms with Crippen LogP contribution in [0.5, 0.6) is 0 Å². The van der Waals surface area contributed by atoms with Gasteiger partial charge in [0.1, 0.15) is 5.92 Å². The lowest BCUT2D eigenvalue weighted by molar-refractivity contribution is -0.148. The minimum Gasteiger partial charge on any atom is -0.481 e. The number of rotatable bonds is 2. The molecule has 1 aromatic rings. The number of aliphatic carboxylic acids is 1. The first-order valence-corrected chi connectivity index (χ1v) is 8.42. The summed E-state index contributed by atoms with van der Waals surface area (Å²) in [6.45, 7) is 0. The molecule has 7 nitrogen and oxygen atoms in total. The van der Waals surface area contributed by atoms with E-state index < -0.39 is 35.7 Å². The fourth-order valence-corrected chi connectivity index (χ4v) is 4.15. The molecule has 2 atom stereocenters. The van der Waals surface area contributed by atoms with Crippen LogP contribution < -0.4 is 5.73 Å². The van der Waals surface area contributed by atoms with Gasteiger partial charge in [-0.1, -0.05) is 37.5 Å². The molecule has 2 aliphatic rings. The highest BCUT2D eigenvalue weighted by atomic mass is 16.4. The van der Waals surface area contributed by atoms with Crippen molar-refractivity contribution in [1.29, 1.82) is 0 Å². The molecular weight excluding hydrogens is 324 g/mol. The minimum absolute atomic E-state index is 0.136. The summed E-state index contributed by atoms with van der Waals surface area (Å²) in [5.41, 5.74) is 5.66. The number of primary amides is 1. The second-order valence-corrected chi connectivity index (χ2v) is 6.64. The molecule has 3 rings (SSSR count). The van der Waals surface area contributed by atoms with E-state index in [1.165, 1.54) is 6.07 Å². The smallest absolute Gasteiger partial charge is 0.318 e. The number of carbonyl (C=O) groups is 4. The van der Waals surface area contributed by atoms with Gasteiger partial charge in [0.15, 0.2) is 0 Å². The van der Waals surface area contributed by atoms with E-state index in [1.807, 2.05) is 0 Å². The quantitative estimate of drug-likeness (QED) is 0.783. The van der Waals surface area contributed by atoms with E-state index in [2.05, 4.69) is 0 Å². The van der Waals surface area contributed by atoms with E-state index in [4.69, 9.17) is 5.73 Å². The molecule has 0 bridgehead atoms. The van der Waals surface area contributed by atoms with Crippen molar-refractivity contribution in [1.82, 2.24) is 4.90 Å². The van der Waals surface area contributed by atoms with E-state index >= 15 is 0 Å². The Morgan fingerprint density at radius 3 is 2.32 bits per heavy atom. The second-order valence-electron chi connectivity index (χ2n) is 6.64. The van der Waals surface area contributed by atoms with Crippen LogP contribution in [0.2, 0.25) is 0 Å². The Kier molecular flexibility index (Phi) is 4.57. The summed E-state index contributed by atoms with van der Waals surface area (Å²) in [5.74, 6) is -5.36. The molecule has 132 valence electrons. The molecule has 7 heteroatoms. The van der Waals surface area contributed by atoms with Gasteiger partial charge >= 0.3 is 17.8 Å². The van der Waals surface area contributed by atoms with Gasteiger partial charge in [0.25, 0.3) is 5.91 Å². The van der Waals surface area contributed by atoms with Gasteiger partial charge in [-0.15, -0.1) is 0 Å². The molecular formula is C18H20N2O5. The van der Waals surface area contributed by atoms with Crippen molar-refractivity contribution >= 4 is 23.7 Å². The average Bonchev–Trinajstić information content (AvgIpc) is 2.61. The lowest BCUT2D eigenvalue weighted by Crippen LogP contribution is -2.58. The Bertz CT molecular complexity index is 739. The lowest BCUT2D eigenvalue weighted by Gasteiger charge is -2.43. The van der Waals surface area contributed by atoms with Crippen LogP contribution >= 0.6 is 0 Å². The van der Waals surface area contributed by atoms with Crippen LogP contribution in [0.25, 0.3) is 0 Å². The Morgan fingerprint density at radius 2 is 1.72 bits per heavy atom. The first-order chi connectivity index (χ1) is 11.9. The van der Waals surface area contributed by atoms with E-state index in [0.717, 1.165) is 24.2 Å². The molecule has 1 aliphatic carbocycles. The zero-order chi connectivity index (χ0) is 18.1. The summed E-state index contributed by atoms with van der Waals surface area (Å²) in [7, 11) is 0. The number of fused-ring (bicyclic) bond motifs is 1. The maximum absolute atomic E-state index is 12.9. The number of imide groups is 1. The lowest BCUT2D eigenvalue weighted by atomic mass is 9.72. The highest BCUT2D eigenvalue weighted by Crippen LogP contribution is 2.41. The number of hydrogen-bond acceptors (Lipinski definition) is 4. The highest BCUT2D eigenvalue weighted by Gasteiger charge is 2.50.